The van der Waals surface area contributed by atoms with E-state index in [1.54, 1.807) is 12.1 Å². The number of carbonyl (C=O) groups is 2. The molecular formula is C17H27FN4O2. The van der Waals surface area contributed by atoms with Gasteiger partial charge in [-0.15, -0.1) is 0 Å². The molecule has 0 saturated carbocycles. The quantitative estimate of drug-likeness (QED) is 0.488. The van der Waals surface area contributed by atoms with Crippen molar-refractivity contribution in [3.8, 4) is 0 Å². The van der Waals surface area contributed by atoms with Gasteiger partial charge in [-0.2, -0.15) is 0 Å². The number of hydrogen-bond donors (Lipinski definition) is 4. The number of benzene rings is 1. The van der Waals surface area contributed by atoms with E-state index in [0.717, 1.165) is 18.5 Å². The van der Waals surface area contributed by atoms with Crippen molar-refractivity contribution in [2.45, 2.75) is 39.3 Å². The third-order valence-corrected chi connectivity index (χ3v) is 3.42. The molecule has 1 rings (SSSR count). The van der Waals surface area contributed by atoms with Gasteiger partial charge in [-0.25, -0.2) is 9.18 Å². The first-order chi connectivity index (χ1) is 11.6. The van der Waals surface area contributed by atoms with E-state index in [0.29, 0.717) is 19.5 Å². The van der Waals surface area contributed by atoms with Gasteiger partial charge in [0.2, 0.25) is 5.91 Å². The van der Waals surface area contributed by atoms with Gasteiger partial charge in [0, 0.05) is 19.6 Å². The lowest BCUT2D eigenvalue weighted by Crippen LogP contribution is -2.50. The maximum Gasteiger partial charge on any atom is 0.315 e. The molecule has 1 atom stereocenters. The van der Waals surface area contributed by atoms with Gasteiger partial charge in [0.1, 0.15) is 11.9 Å². The van der Waals surface area contributed by atoms with Crippen LogP contribution in [0.4, 0.5) is 9.18 Å². The molecule has 0 radical (unpaired) electrons. The summed E-state index contributed by atoms with van der Waals surface area (Å²) in [5.74, 6) is -0.507. The van der Waals surface area contributed by atoms with Crippen molar-refractivity contribution in [1.82, 2.24) is 21.3 Å². The number of halogens is 1. The van der Waals surface area contributed by atoms with Crippen LogP contribution in [0.1, 0.15) is 32.3 Å². The minimum Gasteiger partial charge on any atom is -0.353 e. The van der Waals surface area contributed by atoms with E-state index in [1.165, 1.54) is 12.1 Å². The molecule has 0 aliphatic heterocycles. The summed E-state index contributed by atoms with van der Waals surface area (Å²) in [6.45, 7) is 6.28. The monoisotopic (exact) mass is 338 g/mol. The largest absolute Gasteiger partial charge is 0.353 e. The average Bonchev–Trinajstić information content (AvgIpc) is 2.57. The van der Waals surface area contributed by atoms with E-state index < -0.39 is 12.1 Å². The average molecular weight is 338 g/mol. The number of likely N-dealkylation sites (N-methyl/N-ethyl adjacent to an activating group) is 1. The summed E-state index contributed by atoms with van der Waals surface area (Å²) in [6, 6.07) is 4.91. The second-order valence-corrected chi connectivity index (χ2v) is 5.44. The molecule has 24 heavy (non-hydrogen) atoms. The Balaban J connectivity index is 2.40. The highest BCUT2D eigenvalue weighted by molar-refractivity contribution is 5.86. The van der Waals surface area contributed by atoms with Crippen LogP contribution in [0.5, 0.6) is 0 Å². The fourth-order valence-corrected chi connectivity index (χ4v) is 2.13. The third kappa shape index (κ3) is 7.92. The van der Waals surface area contributed by atoms with Crippen LogP contribution >= 0.6 is 0 Å². The maximum atomic E-state index is 12.8. The van der Waals surface area contributed by atoms with Crippen LogP contribution in [0.15, 0.2) is 24.3 Å². The predicted molar refractivity (Wildman–Crippen MR) is 92.0 cm³/mol. The molecular weight excluding hydrogens is 311 g/mol. The van der Waals surface area contributed by atoms with Crippen molar-refractivity contribution in [3.63, 3.8) is 0 Å². The second kappa shape index (κ2) is 11.4. The first-order valence-electron chi connectivity index (χ1n) is 8.34. The lowest BCUT2D eigenvalue weighted by Gasteiger charge is -2.18. The molecule has 1 aromatic carbocycles. The zero-order valence-corrected chi connectivity index (χ0v) is 14.3. The molecule has 0 spiro atoms. The second-order valence-electron chi connectivity index (χ2n) is 5.44. The summed E-state index contributed by atoms with van der Waals surface area (Å²) in [4.78, 5) is 24.1. The molecule has 6 nitrogen and oxygen atoms in total. The van der Waals surface area contributed by atoms with Gasteiger partial charge in [0.25, 0.3) is 0 Å². The topological polar surface area (TPSA) is 82.3 Å². The zero-order valence-electron chi connectivity index (χ0n) is 14.3. The highest BCUT2D eigenvalue weighted by Crippen LogP contribution is 2.02. The highest BCUT2D eigenvalue weighted by atomic mass is 19.1. The molecule has 1 unspecified atom stereocenters. The Morgan fingerprint density at radius 3 is 2.42 bits per heavy atom. The van der Waals surface area contributed by atoms with Crippen LogP contribution in [-0.2, 0) is 11.3 Å². The summed E-state index contributed by atoms with van der Waals surface area (Å²) in [5.41, 5.74) is 0.786. The molecule has 0 aliphatic rings. The van der Waals surface area contributed by atoms with E-state index in [9.17, 15) is 14.0 Å². The fraction of sp³-hybridized carbons (Fsp3) is 0.529. The third-order valence-electron chi connectivity index (χ3n) is 3.42. The van der Waals surface area contributed by atoms with Gasteiger partial charge in [-0.1, -0.05) is 32.4 Å². The van der Waals surface area contributed by atoms with Gasteiger partial charge in [0.05, 0.1) is 0 Å². The van der Waals surface area contributed by atoms with Gasteiger partial charge < -0.3 is 21.3 Å². The Kier molecular flexibility index (Phi) is 9.45. The van der Waals surface area contributed by atoms with E-state index >= 15 is 0 Å². The molecule has 0 bridgehead atoms. The standard InChI is InChI=1S/C17H27FN4O2/c1-3-5-15(16(23)20-11-10-19-4-2)22-17(24)21-12-13-6-8-14(18)9-7-13/h6-9,15,19H,3-5,10-12H2,1-2H3,(H,20,23)(H2,21,22,24). The number of hydrogen-bond acceptors (Lipinski definition) is 3. The molecule has 0 fully saturated rings. The lowest BCUT2D eigenvalue weighted by atomic mass is 10.1. The number of carbonyl (C=O) groups excluding carboxylic acids is 2. The highest BCUT2D eigenvalue weighted by Gasteiger charge is 2.19. The molecule has 7 heteroatoms. The van der Waals surface area contributed by atoms with Crippen molar-refractivity contribution in [3.05, 3.63) is 35.6 Å². The van der Waals surface area contributed by atoms with Crippen LogP contribution in [-0.4, -0.2) is 37.6 Å². The minimum absolute atomic E-state index is 0.188. The van der Waals surface area contributed by atoms with Gasteiger partial charge in [-0.3, -0.25) is 4.79 Å². The minimum atomic E-state index is -0.565. The van der Waals surface area contributed by atoms with E-state index in [2.05, 4.69) is 21.3 Å². The Morgan fingerprint density at radius 1 is 1.08 bits per heavy atom. The summed E-state index contributed by atoms with van der Waals surface area (Å²) in [7, 11) is 0. The predicted octanol–water partition coefficient (Wildman–Crippen LogP) is 1.52. The van der Waals surface area contributed by atoms with E-state index in [4.69, 9.17) is 0 Å². The van der Waals surface area contributed by atoms with Crippen LogP contribution in [0.25, 0.3) is 0 Å². The van der Waals surface area contributed by atoms with Crippen molar-refractivity contribution in [2.24, 2.45) is 0 Å². The van der Waals surface area contributed by atoms with Gasteiger partial charge >= 0.3 is 6.03 Å². The van der Waals surface area contributed by atoms with Crippen LogP contribution in [0, 0.1) is 5.82 Å². The molecule has 0 aromatic heterocycles. The van der Waals surface area contributed by atoms with E-state index in [-0.39, 0.29) is 18.3 Å². The summed E-state index contributed by atoms with van der Waals surface area (Å²) in [5, 5.41) is 11.3. The van der Waals surface area contributed by atoms with Crippen LogP contribution in [0.3, 0.4) is 0 Å². The molecule has 134 valence electrons. The van der Waals surface area contributed by atoms with Crippen LogP contribution < -0.4 is 21.3 Å². The fourth-order valence-electron chi connectivity index (χ4n) is 2.13. The molecule has 0 aliphatic carbocycles. The molecule has 4 N–H and O–H groups in total. The Labute approximate surface area is 142 Å². The van der Waals surface area contributed by atoms with Gasteiger partial charge in [0.15, 0.2) is 0 Å². The first kappa shape index (κ1) is 19.9. The number of rotatable bonds is 10. The Hall–Kier alpha value is -2.15. The normalized spacial score (nSPS) is 11.6. The van der Waals surface area contributed by atoms with Gasteiger partial charge in [-0.05, 0) is 30.7 Å². The van der Waals surface area contributed by atoms with E-state index in [1.807, 2.05) is 13.8 Å². The number of amides is 3. The zero-order chi connectivity index (χ0) is 17.8. The van der Waals surface area contributed by atoms with Crippen molar-refractivity contribution < 1.29 is 14.0 Å². The molecule has 0 saturated heterocycles. The number of nitrogens with one attached hydrogen (secondary N) is 4. The lowest BCUT2D eigenvalue weighted by molar-refractivity contribution is -0.123. The van der Waals surface area contributed by atoms with Crippen molar-refractivity contribution >= 4 is 11.9 Å². The summed E-state index contributed by atoms with van der Waals surface area (Å²) >= 11 is 0. The van der Waals surface area contributed by atoms with Crippen molar-refractivity contribution in [1.29, 1.82) is 0 Å². The smallest absolute Gasteiger partial charge is 0.315 e. The molecule has 0 heterocycles. The molecule has 1 aromatic rings. The Morgan fingerprint density at radius 2 is 1.79 bits per heavy atom. The molecule has 3 amide bonds. The maximum absolute atomic E-state index is 12.8. The Bertz CT molecular complexity index is 508. The SMILES string of the molecule is CCCC(NC(=O)NCc1ccc(F)cc1)C(=O)NCCNCC. The first-order valence-corrected chi connectivity index (χ1v) is 8.34. The summed E-state index contributed by atoms with van der Waals surface area (Å²) in [6.07, 6.45) is 1.35. The van der Waals surface area contributed by atoms with Crippen molar-refractivity contribution in [2.75, 3.05) is 19.6 Å². The number of urea groups is 1. The van der Waals surface area contributed by atoms with Crippen LogP contribution in [0.2, 0.25) is 0 Å². The summed E-state index contributed by atoms with van der Waals surface area (Å²) < 4.78 is 12.8.